The molecule has 2 N–H and O–H groups in total. The normalized spacial score (nSPS) is 13.9. The number of benzene rings is 3. The fourth-order valence-corrected chi connectivity index (χ4v) is 4.85. The molecule has 0 saturated carbocycles. The van der Waals surface area contributed by atoms with Crippen LogP contribution in [0.1, 0.15) is 34.0 Å². The number of amides is 5. The van der Waals surface area contributed by atoms with E-state index in [4.69, 9.17) is 9.47 Å². The van der Waals surface area contributed by atoms with Gasteiger partial charge >= 0.3 is 12.0 Å². The van der Waals surface area contributed by atoms with Gasteiger partial charge in [-0.15, -0.1) is 0 Å². The molecule has 5 amide bonds. The summed E-state index contributed by atoms with van der Waals surface area (Å²) in [6.07, 6.45) is 1.31. The van der Waals surface area contributed by atoms with Gasteiger partial charge in [-0.25, -0.2) is 14.5 Å². The molecule has 3 aromatic carbocycles. The van der Waals surface area contributed by atoms with E-state index in [0.717, 1.165) is 16.0 Å². The first-order chi connectivity index (χ1) is 20.5. The third-order valence-corrected chi connectivity index (χ3v) is 6.88. The van der Waals surface area contributed by atoms with Crippen molar-refractivity contribution in [2.75, 3.05) is 30.5 Å². The van der Waals surface area contributed by atoms with Gasteiger partial charge in [-0.05, 0) is 96.4 Å². The number of imide groups is 2. The van der Waals surface area contributed by atoms with Crippen molar-refractivity contribution in [3.63, 3.8) is 0 Å². The molecule has 1 heterocycles. The molecule has 222 valence electrons. The molecule has 1 fully saturated rings. The monoisotopic (exact) mass is 649 g/mol. The van der Waals surface area contributed by atoms with Crippen LogP contribution in [0.4, 0.5) is 16.2 Å². The number of rotatable bonds is 9. The SMILES string of the molecule is CCOc1cc(/C=C2/C(=O)NC(=O)N(c3ccc(C(=O)OC)cc3)C2=O)cc(Br)c1OCC(=O)Nc1ccc(C)cc1C. The number of esters is 1. The summed E-state index contributed by atoms with van der Waals surface area (Å²) in [5, 5.41) is 4.98. The number of carbonyl (C=O) groups is 5. The molecule has 43 heavy (non-hydrogen) atoms. The van der Waals surface area contributed by atoms with Crippen LogP contribution in [-0.2, 0) is 19.1 Å². The average Bonchev–Trinajstić information content (AvgIpc) is 2.96. The van der Waals surface area contributed by atoms with Gasteiger partial charge in [0.1, 0.15) is 5.57 Å². The Kier molecular flexibility index (Phi) is 9.61. The minimum atomic E-state index is -0.933. The smallest absolute Gasteiger partial charge is 0.337 e. The van der Waals surface area contributed by atoms with Crippen LogP contribution in [0, 0.1) is 13.8 Å². The summed E-state index contributed by atoms with van der Waals surface area (Å²) < 4.78 is 16.6. The number of nitrogens with one attached hydrogen (secondary N) is 2. The fraction of sp³-hybridized carbons (Fsp3) is 0.194. The quantitative estimate of drug-likeness (QED) is 0.189. The van der Waals surface area contributed by atoms with E-state index in [-0.39, 0.29) is 47.4 Å². The third kappa shape index (κ3) is 7.09. The van der Waals surface area contributed by atoms with Crippen LogP contribution in [0.15, 0.2) is 64.6 Å². The molecule has 11 nitrogen and oxygen atoms in total. The zero-order valence-electron chi connectivity index (χ0n) is 23.8. The minimum Gasteiger partial charge on any atom is -0.490 e. The van der Waals surface area contributed by atoms with Gasteiger partial charge < -0.3 is 19.5 Å². The summed E-state index contributed by atoms with van der Waals surface area (Å²) in [5.74, 6) is -2.19. The van der Waals surface area contributed by atoms with Gasteiger partial charge in [-0.1, -0.05) is 17.7 Å². The van der Waals surface area contributed by atoms with Gasteiger partial charge in [0.05, 0.1) is 29.4 Å². The Morgan fingerprint density at radius 2 is 1.72 bits per heavy atom. The van der Waals surface area contributed by atoms with Crippen molar-refractivity contribution in [1.82, 2.24) is 5.32 Å². The summed E-state index contributed by atoms with van der Waals surface area (Å²) in [7, 11) is 1.23. The molecule has 0 bridgehead atoms. The molecule has 0 atom stereocenters. The van der Waals surface area contributed by atoms with E-state index in [1.165, 1.54) is 37.5 Å². The molecular formula is C31H28BrN3O8. The van der Waals surface area contributed by atoms with E-state index in [0.29, 0.717) is 15.7 Å². The maximum Gasteiger partial charge on any atom is 0.337 e. The van der Waals surface area contributed by atoms with Crippen molar-refractivity contribution in [3.05, 3.63) is 86.9 Å². The molecule has 1 aliphatic rings. The number of barbiturate groups is 1. The van der Waals surface area contributed by atoms with E-state index in [1.807, 2.05) is 32.0 Å². The summed E-state index contributed by atoms with van der Waals surface area (Å²) >= 11 is 3.43. The van der Waals surface area contributed by atoms with Crippen LogP contribution in [0.5, 0.6) is 11.5 Å². The second-order valence-electron chi connectivity index (χ2n) is 9.41. The Balaban J connectivity index is 1.57. The van der Waals surface area contributed by atoms with E-state index < -0.39 is 23.8 Å². The molecule has 12 heteroatoms. The number of hydrogen-bond donors (Lipinski definition) is 2. The maximum absolute atomic E-state index is 13.3. The highest BCUT2D eigenvalue weighted by molar-refractivity contribution is 9.10. The van der Waals surface area contributed by atoms with Crippen LogP contribution < -0.4 is 25.0 Å². The summed E-state index contributed by atoms with van der Waals surface area (Å²) in [5.41, 5.74) is 3.11. The number of nitrogens with zero attached hydrogens (tertiary/aromatic N) is 1. The summed E-state index contributed by atoms with van der Waals surface area (Å²) in [6, 6.07) is 13.5. The molecule has 4 rings (SSSR count). The van der Waals surface area contributed by atoms with Crippen LogP contribution in [0.3, 0.4) is 0 Å². The lowest BCUT2D eigenvalue weighted by molar-refractivity contribution is -0.122. The molecule has 0 unspecified atom stereocenters. The van der Waals surface area contributed by atoms with Crippen LogP contribution in [0.2, 0.25) is 0 Å². The Bertz CT molecular complexity index is 1650. The van der Waals surface area contributed by atoms with Crippen LogP contribution in [0.25, 0.3) is 6.08 Å². The highest BCUT2D eigenvalue weighted by Gasteiger charge is 2.37. The van der Waals surface area contributed by atoms with Crippen molar-refractivity contribution in [1.29, 1.82) is 0 Å². The van der Waals surface area contributed by atoms with Crippen molar-refractivity contribution in [3.8, 4) is 11.5 Å². The second kappa shape index (κ2) is 13.3. The lowest BCUT2D eigenvalue weighted by atomic mass is 10.1. The number of aryl methyl sites for hydroxylation is 2. The van der Waals surface area contributed by atoms with E-state index >= 15 is 0 Å². The topological polar surface area (TPSA) is 140 Å². The molecule has 0 spiro atoms. The summed E-state index contributed by atoms with van der Waals surface area (Å²) in [6.45, 7) is 5.59. The summed E-state index contributed by atoms with van der Waals surface area (Å²) in [4.78, 5) is 63.7. The Hall–Kier alpha value is -4.97. The third-order valence-electron chi connectivity index (χ3n) is 6.29. The number of carbonyl (C=O) groups excluding carboxylic acids is 5. The Morgan fingerprint density at radius 3 is 2.37 bits per heavy atom. The molecular weight excluding hydrogens is 622 g/mol. The average molecular weight is 650 g/mol. The van der Waals surface area contributed by atoms with Crippen molar-refractivity contribution < 1.29 is 38.2 Å². The molecule has 0 aromatic heterocycles. The zero-order chi connectivity index (χ0) is 31.3. The van der Waals surface area contributed by atoms with Crippen LogP contribution in [-0.4, -0.2) is 50.0 Å². The predicted molar refractivity (Wildman–Crippen MR) is 162 cm³/mol. The molecule has 0 aliphatic carbocycles. The van der Waals surface area contributed by atoms with Gasteiger partial charge in [0.2, 0.25) is 0 Å². The maximum atomic E-state index is 13.3. The predicted octanol–water partition coefficient (Wildman–Crippen LogP) is 4.94. The number of methoxy groups -OCH3 is 1. The van der Waals surface area contributed by atoms with E-state index in [2.05, 4.69) is 31.3 Å². The van der Waals surface area contributed by atoms with Gasteiger partial charge in [0.15, 0.2) is 18.1 Å². The first-order valence-electron chi connectivity index (χ1n) is 13.1. The van der Waals surface area contributed by atoms with Gasteiger partial charge in [0.25, 0.3) is 17.7 Å². The molecule has 0 radical (unpaired) electrons. The molecule has 1 saturated heterocycles. The number of halogens is 1. The fourth-order valence-electron chi connectivity index (χ4n) is 4.28. The Labute approximate surface area is 255 Å². The zero-order valence-corrected chi connectivity index (χ0v) is 25.4. The molecule has 3 aromatic rings. The largest absolute Gasteiger partial charge is 0.490 e. The van der Waals surface area contributed by atoms with Gasteiger partial charge in [-0.2, -0.15) is 0 Å². The number of hydrogen-bond acceptors (Lipinski definition) is 8. The van der Waals surface area contributed by atoms with E-state index in [1.54, 1.807) is 19.1 Å². The Morgan fingerprint density at radius 1 is 1.00 bits per heavy atom. The highest BCUT2D eigenvalue weighted by Crippen LogP contribution is 2.38. The number of ether oxygens (including phenoxy) is 3. The van der Waals surface area contributed by atoms with E-state index in [9.17, 15) is 24.0 Å². The minimum absolute atomic E-state index is 0.146. The second-order valence-corrected chi connectivity index (χ2v) is 10.3. The van der Waals surface area contributed by atoms with Crippen molar-refractivity contribution >= 4 is 63.1 Å². The highest BCUT2D eigenvalue weighted by atomic mass is 79.9. The van der Waals surface area contributed by atoms with Crippen molar-refractivity contribution in [2.45, 2.75) is 20.8 Å². The van der Waals surface area contributed by atoms with Crippen molar-refractivity contribution in [2.24, 2.45) is 0 Å². The van der Waals surface area contributed by atoms with Gasteiger partial charge in [-0.3, -0.25) is 19.7 Å². The lowest BCUT2D eigenvalue weighted by Crippen LogP contribution is -2.54. The first kappa shape index (κ1) is 31.0. The first-order valence-corrected chi connectivity index (χ1v) is 13.9. The molecule has 1 aliphatic heterocycles. The lowest BCUT2D eigenvalue weighted by Gasteiger charge is -2.26. The number of urea groups is 1. The van der Waals surface area contributed by atoms with Crippen LogP contribution >= 0.6 is 15.9 Å². The van der Waals surface area contributed by atoms with Gasteiger partial charge in [0, 0.05) is 5.69 Å². The number of anilines is 2. The standard InChI is InChI=1S/C31H28BrN3O8/c1-5-42-25-15-19(14-23(32)27(25)43-16-26(36)33-24-11-6-17(2)12-18(24)3)13-22-28(37)34-31(40)35(29(22)38)21-9-7-20(8-10-21)30(39)41-4/h6-15H,5,16H2,1-4H3,(H,33,36)(H,34,37,40)/b22-13-.